The first-order chi connectivity index (χ1) is 12.9. The van der Waals surface area contributed by atoms with Crippen molar-refractivity contribution in [3.63, 3.8) is 0 Å². The summed E-state index contributed by atoms with van der Waals surface area (Å²) in [7, 11) is -3.79. The zero-order valence-electron chi connectivity index (χ0n) is 16.8. The molecule has 0 spiro atoms. The van der Waals surface area contributed by atoms with Crippen LogP contribution in [0.5, 0.6) is 5.75 Å². The summed E-state index contributed by atoms with van der Waals surface area (Å²) in [4.78, 5) is 0. The molecule has 2 aromatic heterocycles. The molecule has 0 aliphatic heterocycles. The molecule has 12 heteroatoms. The molecular formula is C16H27N5O4S3. The van der Waals surface area contributed by atoms with Gasteiger partial charge in [-0.3, -0.25) is 0 Å². The Morgan fingerprint density at radius 2 is 1.86 bits per heavy atom. The molecule has 3 N–H and O–H groups in total. The van der Waals surface area contributed by atoms with E-state index in [-0.39, 0.29) is 32.9 Å². The molecule has 0 fully saturated rings. The van der Waals surface area contributed by atoms with Gasteiger partial charge in [-0.1, -0.05) is 34.6 Å². The van der Waals surface area contributed by atoms with E-state index in [1.54, 1.807) is 13.8 Å². The van der Waals surface area contributed by atoms with Crippen LogP contribution in [-0.2, 0) is 10.0 Å². The molecule has 158 valence electrons. The molecule has 0 amide bonds. The van der Waals surface area contributed by atoms with E-state index in [4.69, 9.17) is 0 Å². The van der Waals surface area contributed by atoms with Crippen LogP contribution >= 0.6 is 22.5 Å². The van der Waals surface area contributed by atoms with E-state index < -0.39 is 21.2 Å². The summed E-state index contributed by atoms with van der Waals surface area (Å²) in [5.74, 6) is 0.106. The number of anilines is 3. The van der Waals surface area contributed by atoms with E-state index in [2.05, 4.69) is 40.2 Å². The highest BCUT2D eigenvalue weighted by Gasteiger charge is 2.30. The molecular weight excluding hydrogens is 422 g/mol. The molecule has 0 aliphatic carbocycles. The van der Waals surface area contributed by atoms with Gasteiger partial charge in [-0.05, 0) is 12.3 Å². The maximum atomic E-state index is 12.7. The first kappa shape index (κ1) is 22.8. The van der Waals surface area contributed by atoms with Gasteiger partial charge in [-0.2, -0.15) is 4.31 Å². The molecule has 9 nitrogen and oxygen atoms in total. The minimum absolute atomic E-state index is 0.00280. The number of sulfonamides is 1. The number of hydrogen-bond donors (Lipinski definition) is 3. The number of nitrogens with zero attached hydrogens (tertiary/aromatic N) is 3. The molecule has 0 saturated carbocycles. The minimum atomic E-state index is -3.79. The number of aromatic hydroxyl groups is 1. The Kier molecular flexibility index (Phi) is 6.92. The lowest BCUT2D eigenvalue weighted by molar-refractivity contribution is 0.359. The van der Waals surface area contributed by atoms with Crippen molar-refractivity contribution in [2.45, 2.75) is 51.8 Å². The smallest absolute Gasteiger partial charge is 0.256 e. The zero-order chi connectivity index (χ0) is 21.3. The lowest BCUT2D eigenvalue weighted by Crippen LogP contribution is -2.31. The predicted octanol–water partition coefficient (Wildman–Crippen LogP) is 3.59. The number of thiophene rings is 1. The van der Waals surface area contributed by atoms with Crippen LogP contribution in [0.4, 0.5) is 17.3 Å². The fraction of sp³-hybridized carbons (Fsp3) is 0.625. The number of aromatic nitrogens is 2. The molecule has 2 heterocycles. The van der Waals surface area contributed by atoms with Crippen LogP contribution in [0.25, 0.3) is 0 Å². The van der Waals surface area contributed by atoms with Crippen molar-refractivity contribution < 1.29 is 18.1 Å². The van der Waals surface area contributed by atoms with Gasteiger partial charge >= 0.3 is 0 Å². The molecule has 0 aliphatic rings. The van der Waals surface area contributed by atoms with Gasteiger partial charge in [-0.25, -0.2) is 8.42 Å². The summed E-state index contributed by atoms with van der Waals surface area (Å²) >= 11 is -0.868. The van der Waals surface area contributed by atoms with E-state index in [9.17, 15) is 18.1 Å². The van der Waals surface area contributed by atoms with Gasteiger partial charge in [0.05, 0.1) is 5.69 Å². The summed E-state index contributed by atoms with van der Waals surface area (Å²) in [6, 6.07) is 0.00280. The highest BCUT2D eigenvalue weighted by molar-refractivity contribution is 7.91. The molecule has 2 rings (SSSR count). The Morgan fingerprint density at radius 3 is 2.39 bits per heavy atom. The van der Waals surface area contributed by atoms with Crippen molar-refractivity contribution >= 4 is 49.8 Å². The second-order valence-corrected chi connectivity index (χ2v) is 11.2. The van der Waals surface area contributed by atoms with Crippen LogP contribution in [0.2, 0.25) is 0 Å². The Balaban J connectivity index is 2.33. The van der Waals surface area contributed by atoms with Crippen LogP contribution in [0.15, 0.2) is 9.59 Å². The van der Waals surface area contributed by atoms with E-state index in [0.717, 1.165) is 11.3 Å². The van der Waals surface area contributed by atoms with Crippen LogP contribution < -0.4 is 10.6 Å². The second-order valence-electron chi connectivity index (χ2n) is 7.34. The normalized spacial score (nSPS) is 14.4. The summed E-state index contributed by atoms with van der Waals surface area (Å²) in [6.07, 6.45) is 0. The van der Waals surface area contributed by atoms with Gasteiger partial charge in [0.15, 0.2) is 21.1 Å². The summed E-state index contributed by atoms with van der Waals surface area (Å²) in [6.45, 7) is 12.2. The maximum Gasteiger partial charge on any atom is 0.256 e. The van der Waals surface area contributed by atoms with Gasteiger partial charge < -0.3 is 20.3 Å². The Bertz CT molecular complexity index is 913. The van der Waals surface area contributed by atoms with Crippen LogP contribution in [0, 0.1) is 5.41 Å². The second kappa shape index (κ2) is 8.49. The third-order valence-corrected chi connectivity index (χ3v) is 8.70. The van der Waals surface area contributed by atoms with Crippen molar-refractivity contribution in [1.82, 2.24) is 13.1 Å². The average molecular weight is 450 g/mol. The number of rotatable bonds is 8. The predicted molar refractivity (Wildman–Crippen MR) is 113 cm³/mol. The third-order valence-electron chi connectivity index (χ3n) is 4.48. The summed E-state index contributed by atoms with van der Waals surface area (Å²) in [5.41, 5.74) is 0.0963. The van der Waals surface area contributed by atoms with Gasteiger partial charge in [0.1, 0.15) is 0 Å². The molecule has 1 unspecified atom stereocenters. The minimum Gasteiger partial charge on any atom is -0.546 e. The van der Waals surface area contributed by atoms with E-state index in [1.807, 2.05) is 6.92 Å². The first-order valence-corrected chi connectivity index (χ1v) is 12.2. The molecule has 0 bridgehead atoms. The molecule has 2 atom stereocenters. The largest absolute Gasteiger partial charge is 0.546 e. The highest BCUT2D eigenvalue weighted by atomic mass is 32.2. The van der Waals surface area contributed by atoms with E-state index in [0.29, 0.717) is 18.9 Å². The Hall–Kier alpha value is -1.47. The van der Waals surface area contributed by atoms with Crippen molar-refractivity contribution in [3.05, 3.63) is 5.38 Å². The van der Waals surface area contributed by atoms with Gasteiger partial charge in [-0.15, -0.1) is 11.3 Å². The maximum absolute atomic E-state index is 12.7. The molecule has 28 heavy (non-hydrogen) atoms. The molecule has 0 saturated heterocycles. The van der Waals surface area contributed by atoms with Gasteiger partial charge in [0.2, 0.25) is 11.6 Å². The van der Waals surface area contributed by atoms with Crippen LogP contribution in [0.1, 0.15) is 41.5 Å². The molecule has 2 aromatic rings. The number of nitrogens with one attached hydrogen (secondary N) is 2. The lowest BCUT2D eigenvalue weighted by atomic mass is 9.88. The third kappa shape index (κ3) is 4.74. The SMILES string of the molecule is CCN(CC)S(=O)(=O)c1scc(Nc2n[s+]([O-])nc2N[C@@H](C)C(C)(C)C)c1O. The van der Waals surface area contributed by atoms with E-state index in [1.165, 1.54) is 9.69 Å². The van der Waals surface area contributed by atoms with Crippen LogP contribution in [0.3, 0.4) is 0 Å². The van der Waals surface area contributed by atoms with Gasteiger partial charge in [0.25, 0.3) is 10.0 Å². The average Bonchev–Trinajstić information content (AvgIpc) is 3.11. The van der Waals surface area contributed by atoms with E-state index >= 15 is 0 Å². The lowest BCUT2D eigenvalue weighted by Gasteiger charge is -2.27. The van der Waals surface area contributed by atoms with Crippen molar-refractivity contribution in [2.75, 3.05) is 23.7 Å². The summed E-state index contributed by atoms with van der Waals surface area (Å²) in [5, 5.41) is 18.0. The van der Waals surface area contributed by atoms with Crippen molar-refractivity contribution in [2.24, 2.45) is 5.41 Å². The van der Waals surface area contributed by atoms with Crippen molar-refractivity contribution in [1.29, 1.82) is 0 Å². The number of hydrogen-bond acceptors (Lipinski definition) is 9. The Morgan fingerprint density at radius 1 is 1.29 bits per heavy atom. The quantitative estimate of drug-likeness (QED) is 0.521. The monoisotopic (exact) mass is 449 g/mol. The molecule has 0 radical (unpaired) electrons. The molecule has 0 aromatic carbocycles. The first-order valence-electron chi connectivity index (χ1n) is 8.85. The standard InChI is InChI=1S/C16H27N5O4S3/c1-7-21(8-2)28(24,25)15-12(22)11(9-26-15)18-14-13(19-27(23)20-14)17-10(3)16(4,5)6/h9-10,22H,7-8H2,1-6H3,(H,17,19)(H,18,20)/t10-,27?/m0/s1. The zero-order valence-corrected chi connectivity index (χ0v) is 19.3. The van der Waals surface area contributed by atoms with Crippen LogP contribution in [-0.4, -0.2) is 50.3 Å². The summed E-state index contributed by atoms with van der Waals surface area (Å²) < 4.78 is 46.2. The fourth-order valence-corrected chi connectivity index (χ4v) is 5.73. The fourth-order valence-electron chi connectivity index (χ4n) is 2.28. The highest BCUT2D eigenvalue weighted by Crippen LogP contribution is 2.41. The van der Waals surface area contributed by atoms with Gasteiger partial charge in [0, 0.05) is 33.3 Å². The van der Waals surface area contributed by atoms with Crippen molar-refractivity contribution in [3.8, 4) is 5.75 Å². The topological polar surface area (TPSA) is 131 Å². The Labute approximate surface area is 173 Å².